The van der Waals surface area contributed by atoms with Crippen LogP contribution in [0, 0.1) is 0 Å². The van der Waals surface area contributed by atoms with Crippen LogP contribution in [0.5, 0.6) is 0 Å². The van der Waals surface area contributed by atoms with Gasteiger partial charge in [-0.1, -0.05) is 0 Å². The third-order valence-electron chi connectivity index (χ3n) is 0.864. The van der Waals surface area contributed by atoms with Gasteiger partial charge in [-0.25, -0.2) is 5.84 Å². The van der Waals surface area contributed by atoms with Crippen LogP contribution in [0.4, 0.5) is 0 Å². The lowest BCUT2D eigenvalue weighted by Crippen LogP contribution is -2.43. The Hall–Kier alpha value is -1.43. The standard InChI is InChI=1S/C3H8N6/c4-2-1-7-9(6)8-3(2)5/h1,7H,4,6H2,(H2,5,8). The molecule has 0 unspecified atom stereocenters. The highest BCUT2D eigenvalue weighted by Gasteiger charge is 2.03. The summed E-state index contributed by atoms with van der Waals surface area (Å²) in [5.74, 6) is 5.36. The molecule has 0 atom stereocenters. The van der Waals surface area contributed by atoms with Crippen molar-refractivity contribution in [1.29, 1.82) is 0 Å². The lowest BCUT2D eigenvalue weighted by Gasteiger charge is -2.17. The van der Waals surface area contributed by atoms with Crippen molar-refractivity contribution < 1.29 is 0 Å². The Morgan fingerprint density at radius 1 is 1.56 bits per heavy atom. The molecule has 9 heavy (non-hydrogen) atoms. The minimum atomic E-state index is 0.219. The Morgan fingerprint density at radius 3 is 2.67 bits per heavy atom. The van der Waals surface area contributed by atoms with Gasteiger partial charge in [-0.2, -0.15) is 0 Å². The van der Waals surface area contributed by atoms with Crippen LogP contribution >= 0.6 is 0 Å². The van der Waals surface area contributed by atoms with Crippen LogP contribution in [-0.4, -0.2) is 11.1 Å². The van der Waals surface area contributed by atoms with Crippen molar-refractivity contribution in [2.75, 3.05) is 0 Å². The van der Waals surface area contributed by atoms with Crippen molar-refractivity contribution in [2.45, 2.75) is 0 Å². The molecule has 0 amide bonds. The molecular weight excluding hydrogens is 120 g/mol. The van der Waals surface area contributed by atoms with Crippen LogP contribution in [0.1, 0.15) is 0 Å². The van der Waals surface area contributed by atoms with E-state index in [1.165, 1.54) is 6.20 Å². The molecule has 6 heteroatoms. The van der Waals surface area contributed by atoms with E-state index in [1.807, 2.05) is 0 Å². The highest BCUT2D eigenvalue weighted by molar-refractivity contribution is 5.96. The summed E-state index contributed by atoms with van der Waals surface area (Å²) in [6, 6.07) is 0. The summed E-state index contributed by atoms with van der Waals surface area (Å²) in [5.41, 5.74) is 13.5. The van der Waals surface area contributed by atoms with Gasteiger partial charge in [0.15, 0.2) is 5.84 Å². The molecule has 6 nitrogen and oxygen atoms in total. The number of nitrogens with one attached hydrogen (secondary N) is 1. The number of rotatable bonds is 0. The largest absolute Gasteiger partial charge is 0.394 e. The van der Waals surface area contributed by atoms with Gasteiger partial charge in [0, 0.05) is 6.20 Å². The van der Waals surface area contributed by atoms with Crippen LogP contribution in [0.15, 0.2) is 17.0 Å². The van der Waals surface area contributed by atoms with Gasteiger partial charge in [-0.05, 0) is 0 Å². The monoisotopic (exact) mass is 128 g/mol. The predicted octanol–water partition coefficient (Wildman–Crippen LogP) is -2.25. The molecule has 0 aromatic rings. The highest BCUT2D eigenvalue weighted by atomic mass is 15.8. The van der Waals surface area contributed by atoms with Crippen molar-refractivity contribution in [2.24, 2.45) is 22.4 Å². The molecule has 0 bridgehead atoms. The third kappa shape index (κ3) is 1.03. The average Bonchev–Trinajstić information content (AvgIpc) is 1.80. The van der Waals surface area contributed by atoms with Gasteiger partial charge in [0.1, 0.15) is 0 Å². The molecule has 1 aliphatic heterocycles. The smallest absolute Gasteiger partial charge is 0.171 e. The van der Waals surface area contributed by atoms with Crippen LogP contribution in [0.2, 0.25) is 0 Å². The quantitative estimate of drug-likeness (QED) is 0.276. The Bertz CT molecular complexity index is 169. The van der Waals surface area contributed by atoms with E-state index in [4.69, 9.17) is 17.3 Å². The van der Waals surface area contributed by atoms with Crippen molar-refractivity contribution in [3.63, 3.8) is 0 Å². The first-order chi connectivity index (χ1) is 4.20. The Morgan fingerprint density at radius 2 is 2.22 bits per heavy atom. The van der Waals surface area contributed by atoms with E-state index in [2.05, 4.69) is 10.5 Å². The van der Waals surface area contributed by atoms with Gasteiger partial charge in [0.05, 0.1) is 5.70 Å². The summed E-state index contributed by atoms with van der Waals surface area (Å²) in [5, 5.41) is 4.54. The zero-order valence-corrected chi connectivity index (χ0v) is 4.70. The number of hydrazine groups is 2. The van der Waals surface area contributed by atoms with Crippen LogP contribution in [0.3, 0.4) is 0 Å². The van der Waals surface area contributed by atoms with E-state index in [0.29, 0.717) is 5.70 Å². The third-order valence-corrected chi connectivity index (χ3v) is 0.864. The molecular formula is C3H8N6. The summed E-state index contributed by atoms with van der Waals surface area (Å²) in [7, 11) is 0. The molecule has 0 aromatic heterocycles. The molecule has 0 spiro atoms. The maximum Gasteiger partial charge on any atom is 0.171 e. The number of amidine groups is 1. The average molecular weight is 128 g/mol. The molecule has 0 aromatic carbocycles. The van der Waals surface area contributed by atoms with Gasteiger partial charge in [0.25, 0.3) is 0 Å². The summed E-state index contributed by atoms with van der Waals surface area (Å²) in [6.45, 7) is 0. The highest BCUT2D eigenvalue weighted by Crippen LogP contribution is 1.89. The lowest BCUT2D eigenvalue weighted by molar-refractivity contribution is 0.235. The van der Waals surface area contributed by atoms with Gasteiger partial charge >= 0.3 is 0 Å². The zero-order valence-electron chi connectivity index (χ0n) is 4.70. The number of hydrogen-bond acceptors (Lipinski definition) is 6. The van der Waals surface area contributed by atoms with Gasteiger partial charge < -0.3 is 11.5 Å². The Kier molecular flexibility index (Phi) is 1.16. The van der Waals surface area contributed by atoms with Gasteiger partial charge in [-0.15, -0.1) is 10.3 Å². The van der Waals surface area contributed by atoms with Crippen molar-refractivity contribution in [3.8, 4) is 0 Å². The number of nitrogens with two attached hydrogens (primary N) is 3. The summed E-state index contributed by atoms with van der Waals surface area (Å²) in [6.07, 6.45) is 1.46. The van der Waals surface area contributed by atoms with Crippen LogP contribution in [-0.2, 0) is 0 Å². The maximum atomic E-state index is 5.30. The maximum absolute atomic E-state index is 5.30. The second-order valence-electron chi connectivity index (χ2n) is 1.56. The summed E-state index contributed by atoms with van der Waals surface area (Å²) < 4.78 is 0. The van der Waals surface area contributed by atoms with E-state index in [-0.39, 0.29) is 5.84 Å². The molecule has 0 saturated heterocycles. The first-order valence-electron chi connectivity index (χ1n) is 2.31. The van der Waals surface area contributed by atoms with E-state index in [0.717, 1.165) is 5.23 Å². The molecule has 0 saturated carbocycles. The number of hydrogen-bond donors (Lipinski definition) is 4. The fourth-order valence-corrected chi connectivity index (χ4v) is 0.412. The molecule has 1 heterocycles. The lowest BCUT2D eigenvalue weighted by atomic mass is 10.4. The number of hydrazone groups is 1. The van der Waals surface area contributed by atoms with E-state index >= 15 is 0 Å². The molecule has 0 aliphatic carbocycles. The van der Waals surface area contributed by atoms with Crippen molar-refractivity contribution in [1.82, 2.24) is 10.7 Å². The van der Waals surface area contributed by atoms with Gasteiger partial charge in [-0.3, -0.25) is 5.43 Å². The minimum Gasteiger partial charge on any atom is -0.394 e. The molecule has 50 valence electrons. The van der Waals surface area contributed by atoms with E-state index < -0.39 is 0 Å². The first kappa shape index (κ1) is 5.70. The van der Waals surface area contributed by atoms with E-state index in [9.17, 15) is 0 Å². The molecule has 7 N–H and O–H groups in total. The van der Waals surface area contributed by atoms with E-state index in [1.54, 1.807) is 0 Å². The second-order valence-corrected chi connectivity index (χ2v) is 1.56. The van der Waals surface area contributed by atoms with Crippen LogP contribution in [0.25, 0.3) is 0 Å². The predicted molar refractivity (Wildman–Crippen MR) is 33.1 cm³/mol. The summed E-state index contributed by atoms with van der Waals surface area (Å²) >= 11 is 0. The fourth-order valence-electron chi connectivity index (χ4n) is 0.412. The van der Waals surface area contributed by atoms with Crippen molar-refractivity contribution >= 4 is 5.84 Å². The molecule has 0 radical (unpaired) electrons. The molecule has 0 fully saturated rings. The fraction of sp³-hybridized carbons (Fsp3) is 0. The molecule has 1 aliphatic rings. The molecule has 1 rings (SSSR count). The number of nitrogens with zero attached hydrogens (tertiary/aromatic N) is 2. The minimum absolute atomic E-state index is 0.219. The zero-order chi connectivity index (χ0) is 6.85. The summed E-state index contributed by atoms with van der Waals surface area (Å²) in [4.78, 5) is 0. The first-order valence-corrected chi connectivity index (χ1v) is 2.31. The Balaban J connectivity index is 2.75. The normalized spacial score (nSPS) is 18.1. The van der Waals surface area contributed by atoms with Crippen molar-refractivity contribution in [3.05, 3.63) is 11.9 Å². The topological polar surface area (TPSA) is 106 Å². The SMILES string of the molecule is NC1=CNN(N)N=C1N. The Labute approximate surface area is 51.9 Å². The van der Waals surface area contributed by atoms with Crippen LogP contribution < -0.4 is 22.7 Å². The second kappa shape index (κ2) is 1.82. The van der Waals surface area contributed by atoms with Gasteiger partial charge in [0.2, 0.25) is 0 Å².